The number of amides is 2. The summed E-state index contributed by atoms with van der Waals surface area (Å²) in [6.07, 6.45) is -1.27. The van der Waals surface area contributed by atoms with Gasteiger partial charge < -0.3 is 14.6 Å². The standard InChI is InChI=1S/C26H21N3O9/c1-36-18-13-12-17(19(26(32)33)22(18)37-2)21-20-23(38-28(21)15-6-4-3-5-7-15)25(31)27(24(20)30)14-8-10-16(11-9-14)29(34)35/h3-13,20-21,23H,1-2H3,(H,32,33)/t20-,21-,23-/m1/s1. The molecular formula is C26H21N3O9. The molecular weight excluding hydrogens is 498 g/mol. The van der Waals surface area contributed by atoms with Crippen LogP contribution >= 0.6 is 0 Å². The molecule has 0 unspecified atom stereocenters. The van der Waals surface area contributed by atoms with Crippen LogP contribution < -0.4 is 19.4 Å². The number of carboxylic acids is 1. The molecule has 0 radical (unpaired) electrons. The molecule has 2 aliphatic heterocycles. The Morgan fingerprint density at radius 3 is 2.21 bits per heavy atom. The summed E-state index contributed by atoms with van der Waals surface area (Å²) >= 11 is 0. The number of fused-ring (bicyclic) bond motifs is 1. The third kappa shape index (κ3) is 3.78. The van der Waals surface area contributed by atoms with Crippen LogP contribution in [0, 0.1) is 16.0 Å². The maximum absolute atomic E-state index is 13.8. The van der Waals surface area contributed by atoms with Gasteiger partial charge in [-0.25, -0.2) is 14.8 Å². The van der Waals surface area contributed by atoms with E-state index in [1.54, 1.807) is 30.3 Å². The fraction of sp³-hybridized carbons (Fsp3) is 0.192. The molecule has 0 aromatic heterocycles. The molecule has 2 saturated heterocycles. The minimum Gasteiger partial charge on any atom is -0.493 e. The zero-order valence-corrected chi connectivity index (χ0v) is 20.1. The zero-order chi connectivity index (χ0) is 27.1. The lowest BCUT2D eigenvalue weighted by Crippen LogP contribution is -2.37. The first-order chi connectivity index (χ1) is 18.3. The summed E-state index contributed by atoms with van der Waals surface area (Å²) < 4.78 is 10.6. The second kappa shape index (κ2) is 9.48. The van der Waals surface area contributed by atoms with E-state index in [4.69, 9.17) is 14.3 Å². The molecule has 3 aromatic carbocycles. The third-order valence-electron chi connectivity index (χ3n) is 6.56. The van der Waals surface area contributed by atoms with Crippen molar-refractivity contribution in [2.75, 3.05) is 24.2 Å². The number of anilines is 2. The highest BCUT2D eigenvalue weighted by atomic mass is 16.7. The van der Waals surface area contributed by atoms with Gasteiger partial charge in [0.25, 0.3) is 11.6 Å². The van der Waals surface area contributed by atoms with Crippen LogP contribution in [0.1, 0.15) is 22.0 Å². The van der Waals surface area contributed by atoms with E-state index in [0.29, 0.717) is 5.69 Å². The summed E-state index contributed by atoms with van der Waals surface area (Å²) in [5, 5.41) is 22.6. The summed E-state index contributed by atoms with van der Waals surface area (Å²) in [5.74, 6) is -3.63. The monoisotopic (exact) mass is 519 g/mol. The Kier molecular flexibility index (Phi) is 6.17. The van der Waals surface area contributed by atoms with Gasteiger partial charge in [0.2, 0.25) is 5.91 Å². The normalized spacial score (nSPS) is 20.4. The largest absolute Gasteiger partial charge is 0.493 e. The van der Waals surface area contributed by atoms with Gasteiger partial charge in [0.1, 0.15) is 11.5 Å². The van der Waals surface area contributed by atoms with Crippen LogP contribution in [0.4, 0.5) is 17.1 Å². The molecule has 3 atom stereocenters. The van der Waals surface area contributed by atoms with E-state index in [9.17, 15) is 29.6 Å². The molecule has 0 bridgehead atoms. The molecule has 12 nitrogen and oxygen atoms in total. The number of benzene rings is 3. The Morgan fingerprint density at radius 1 is 0.947 bits per heavy atom. The van der Waals surface area contributed by atoms with Crippen LogP contribution in [0.15, 0.2) is 66.7 Å². The van der Waals surface area contributed by atoms with E-state index < -0.39 is 40.8 Å². The number of nitro benzene ring substituents is 1. The highest BCUT2D eigenvalue weighted by molar-refractivity contribution is 6.24. The average molecular weight is 519 g/mol. The first kappa shape index (κ1) is 24.7. The van der Waals surface area contributed by atoms with Gasteiger partial charge in [-0.05, 0) is 35.9 Å². The van der Waals surface area contributed by atoms with Crippen LogP contribution in [0.5, 0.6) is 11.5 Å². The summed E-state index contributed by atoms with van der Waals surface area (Å²) in [5.41, 5.74) is 0.378. The van der Waals surface area contributed by atoms with Crippen LogP contribution in [0.2, 0.25) is 0 Å². The van der Waals surface area contributed by atoms with E-state index >= 15 is 0 Å². The SMILES string of the molecule is COc1ccc([C@@H]2[C@H]3C(=O)N(c4ccc([N+](=O)[O-])cc4)C(=O)[C@@H]3ON2c2ccccc2)c(C(=O)O)c1OC. The van der Waals surface area contributed by atoms with E-state index in [1.807, 2.05) is 0 Å². The summed E-state index contributed by atoms with van der Waals surface area (Å²) in [7, 11) is 2.67. The number of hydrogen-bond donors (Lipinski definition) is 1. The van der Waals surface area contributed by atoms with Gasteiger partial charge in [0.05, 0.1) is 36.6 Å². The van der Waals surface area contributed by atoms with Crippen molar-refractivity contribution in [2.24, 2.45) is 5.92 Å². The molecule has 3 aromatic rings. The fourth-order valence-corrected chi connectivity index (χ4v) is 4.92. The molecule has 194 valence electrons. The van der Waals surface area contributed by atoms with Crippen LogP contribution in [-0.2, 0) is 14.4 Å². The topological polar surface area (TPSA) is 149 Å². The Bertz CT molecular complexity index is 1440. The molecule has 5 rings (SSSR count). The smallest absolute Gasteiger partial charge is 0.339 e. The van der Waals surface area contributed by atoms with Crippen LogP contribution in [-0.4, -0.2) is 48.1 Å². The number of carbonyl (C=O) groups is 3. The fourth-order valence-electron chi connectivity index (χ4n) is 4.92. The highest BCUT2D eigenvalue weighted by Crippen LogP contribution is 2.50. The average Bonchev–Trinajstić information content (AvgIpc) is 3.43. The Hall–Kier alpha value is -4.97. The van der Waals surface area contributed by atoms with Gasteiger partial charge in [-0.3, -0.25) is 24.5 Å². The first-order valence-electron chi connectivity index (χ1n) is 11.4. The van der Waals surface area contributed by atoms with Crippen molar-refractivity contribution in [1.29, 1.82) is 0 Å². The van der Waals surface area contributed by atoms with E-state index in [2.05, 4.69) is 0 Å². The van der Waals surface area contributed by atoms with Gasteiger partial charge in [-0.1, -0.05) is 24.3 Å². The molecule has 0 aliphatic carbocycles. The number of ether oxygens (including phenoxy) is 2. The molecule has 38 heavy (non-hydrogen) atoms. The van der Waals surface area contributed by atoms with Crippen LogP contribution in [0.3, 0.4) is 0 Å². The Morgan fingerprint density at radius 2 is 1.63 bits per heavy atom. The number of carbonyl (C=O) groups excluding carboxylic acids is 2. The summed E-state index contributed by atoms with van der Waals surface area (Å²) in [4.78, 5) is 57.1. The Balaban J connectivity index is 1.66. The molecule has 2 fully saturated rings. The number of methoxy groups -OCH3 is 2. The molecule has 2 aliphatic rings. The number of hydroxylamine groups is 1. The number of hydrogen-bond acceptors (Lipinski definition) is 9. The second-order valence-electron chi connectivity index (χ2n) is 8.51. The number of rotatable bonds is 7. The van der Waals surface area contributed by atoms with Crippen molar-refractivity contribution in [2.45, 2.75) is 12.1 Å². The predicted octanol–water partition coefficient (Wildman–Crippen LogP) is 3.36. The van der Waals surface area contributed by atoms with Crippen molar-refractivity contribution in [1.82, 2.24) is 0 Å². The number of nitrogens with zero attached hydrogens (tertiary/aromatic N) is 3. The lowest BCUT2D eigenvalue weighted by Gasteiger charge is -2.30. The van der Waals surface area contributed by atoms with Gasteiger partial charge in [0, 0.05) is 12.1 Å². The van der Waals surface area contributed by atoms with Crippen molar-refractivity contribution >= 4 is 34.8 Å². The molecule has 1 N–H and O–H groups in total. The van der Waals surface area contributed by atoms with E-state index in [1.165, 1.54) is 55.7 Å². The molecule has 2 heterocycles. The summed E-state index contributed by atoms with van der Waals surface area (Å²) in [6, 6.07) is 15.6. The number of para-hydroxylation sites is 1. The minimum atomic E-state index is -1.32. The van der Waals surface area contributed by atoms with Gasteiger partial charge in [-0.2, -0.15) is 0 Å². The van der Waals surface area contributed by atoms with Crippen molar-refractivity contribution in [3.63, 3.8) is 0 Å². The lowest BCUT2D eigenvalue weighted by molar-refractivity contribution is -0.384. The molecule has 0 spiro atoms. The maximum atomic E-state index is 13.8. The minimum absolute atomic E-state index is 0.0436. The van der Waals surface area contributed by atoms with Gasteiger partial charge in [0.15, 0.2) is 17.6 Å². The van der Waals surface area contributed by atoms with E-state index in [-0.39, 0.29) is 34.0 Å². The van der Waals surface area contributed by atoms with Crippen molar-refractivity contribution in [3.05, 3.63) is 88.0 Å². The lowest BCUT2D eigenvalue weighted by atomic mass is 9.87. The molecule has 2 amide bonds. The first-order valence-corrected chi connectivity index (χ1v) is 11.4. The number of aromatic carboxylic acids is 1. The number of imide groups is 1. The molecule has 12 heteroatoms. The van der Waals surface area contributed by atoms with E-state index in [0.717, 1.165) is 4.90 Å². The number of non-ortho nitro benzene ring substituents is 1. The number of nitro groups is 1. The zero-order valence-electron chi connectivity index (χ0n) is 20.1. The molecule has 0 saturated carbocycles. The van der Waals surface area contributed by atoms with Crippen molar-refractivity contribution < 1.29 is 38.7 Å². The van der Waals surface area contributed by atoms with Gasteiger partial charge >= 0.3 is 5.97 Å². The third-order valence-corrected chi connectivity index (χ3v) is 6.56. The second-order valence-corrected chi connectivity index (χ2v) is 8.51. The maximum Gasteiger partial charge on any atom is 0.339 e. The predicted molar refractivity (Wildman–Crippen MR) is 132 cm³/mol. The number of carboxylic acid groups (broad SMARTS) is 1. The quantitative estimate of drug-likeness (QED) is 0.280. The van der Waals surface area contributed by atoms with Crippen LogP contribution in [0.25, 0.3) is 0 Å². The summed E-state index contributed by atoms with van der Waals surface area (Å²) in [6.45, 7) is 0. The Labute approximate surface area is 215 Å². The van der Waals surface area contributed by atoms with Crippen molar-refractivity contribution in [3.8, 4) is 11.5 Å². The highest BCUT2D eigenvalue weighted by Gasteiger charge is 2.61. The van der Waals surface area contributed by atoms with Gasteiger partial charge in [-0.15, -0.1) is 0 Å².